The quantitative estimate of drug-likeness (QED) is 0.705. The van der Waals surface area contributed by atoms with Crippen LogP contribution < -0.4 is 5.32 Å². The summed E-state index contributed by atoms with van der Waals surface area (Å²) in [6.07, 6.45) is 4.40. The molecule has 0 bridgehead atoms. The molecule has 1 aromatic rings. The van der Waals surface area contributed by atoms with E-state index >= 15 is 0 Å². The fourth-order valence-electron chi connectivity index (χ4n) is 0.856. The summed E-state index contributed by atoms with van der Waals surface area (Å²) in [4.78, 5) is 4.15. The van der Waals surface area contributed by atoms with Gasteiger partial charge in [-0.2, -0.15) is 0 Å². The summed E-state index contributed by atoms with van der Waals surface area (Å²) in [5.41, 5.74) is 0.373. The SMILES string of the molecule is CC1(Nc2nccs2)CC1. The molecule has 1 fully saturated rings. The number of nitrogens with zero attached hydrogens (tertiary/aromatic N) is 1. The van der Waals surface area contributed by atoms with Crippen molar-refractivity contribution >= 4 is 16.5 Å². The third-order valence-corrected chi connectivity index (χ3v) is 2.53. The molecule has 0 radical (unpaired) electrons. The molecule has 1 aromatic heterocycles. The average Bonchev–Trinajstić information content (AvgIpc) is 2.47. The van der Waals surface area contributed by atoms with Crippen LogP contribution in [0.3, 0.4) is 0 Å². The first kappa shape index (κ1) is 6.16. The van der Waals surface area contributed by atoms with Gasteiger partial charge in [0.1, 0.15) is 0 Å². The first-order valence-electron chi connectivity index (χ1n) is 3.46. The number of thiazole rings is 1. The molecule has 0 spiro atoms. The van der Waals surface area contributed by atoms with Crippen LogP contribution in [-0.4, -0.2) is 10.5 Å². The zero-order valence-corrected chi connectivity index (χ0v) is 6.74. The normalized spacial score (nSPS) is 20.5. The Hall–Kier alpha value is -0.570. The summed E-state index contributed by atoms with van der Waals surface area (Å²) in [5, 5.41) is 6.43. The van der Waals surface area contributed by atoms with Crippen molar-refractivity contribution in [2.75, 3.05) is 5.32 Å². The summed E-state index contributed by atoms with van der Waals surface area (Å²) >= 11 is 1.67. The minimum atomic E-state index is 0.373. The van der Waals surface area contributed by atoms with Crippen molar-refractivity contribution in [3.8, 4) is 0 Å². The molecule has 0 amide bonds. The first-order chi connectivity index (χ1) is 4.79. The van der Waals surface area contributed by atoms with E-state index in [1.165, 1.54) is 12.8 Å². The van der Waals surface area contributed by atoms with Crippen molar-refractivity contribution in [3.63, 3.8) is 0 Å². The topological polar surface area (TPSA) is 24.9 Å². The third kappa shape index (κ3) is 1.14. The first-order valence-corrected chi connectivity index (χ1v) is 4.34. The number of rotatable bonds is 2. The van der Waals surface area contributed by atoms with E-state index in [4.69, 9.17) is 0 Å². The van der Waals surface area contributed by atoms with Crippen LogP contribution in [-0.2, 0) is 0 Å². The average molecular weight is 154 g/mol. The highest BCUT2D eigenvalue weighted by atomic mass is 32.1. The molecule has 2 nitrogen and oxygen atoms in total. The minimum absolute atomic E-state index is 0.373. The molecule has 1 aliphatic carbocycles. The largest absolute Gasteiger partial charge is 0.356 e. The highest BCUT2D eigenvalue weighted by molar-refractivity contribution is 7.13. The Morgan fingerprint density at radius 1 is 1.70 bits per heavy atom. The molecule has 1 N–H and O–H groups in total. The van der Waals surface area contributed by atoms with Crippen molar-refractivity contribution in [2.45, 2.75) is 25.3 Å². The Morgan fingerprint density at radius 3 is 3.00 bits per heavy atom. The van der Waals surface area contributed by atoms with Crippen molar-refractivity contribution in [1.29, 1.82) is 0 Å². The molecular formula is C7H10N2S. The van der Waals surface area contributed by atoms with E-state index in [9.17, 15) is 0 Å². The molecule has 10 heavy (non-hydrogen) atoms. The summed E-state index contributed by atoms with van der Waals surface area (Å²) < 4.78 is 0. The van der Waals surface area contributed by atoms with Crippen LogP contribution >= 0.6 is 11.3 Å². The number of hydrogen-bond donors (Lipinski definition) is 1. The summed E-state index contributed by atoms with van der Waals surface area (Å²) in [7, 11) is 0. The second-order valence-corrected chi connectivity index (χ2v) is 3.92. The van der Waals surface area contributed by atoms with Gasteiger partial charge in [0.2, 0.25) is 0 Å². The van der Waals surface area contributed by atoms with Gasteiger partial charge in [-0.15, -0.1) is 11.3 Å². The Morgan fingerprint density at radius 2 is 2.50 bits per heavy atom. The number of nitrogens with one attached hydrogen (secondary N) is 1. The van der Waals surface area contributed by atoms with Gasteiger partial charge in [0.15, 0.2) is 5.13 Å². The van der Waals surface area contributed by atoms with Crippen LogP contribution in [0, 0.1) is 0 Å². The van der Waals surface area contributed by atoms with Gasteiger partial charge in [-0.05, 0) is 19.8 Å². The fourth-order valence-corrected chi connectivity index (χ4v) is 1.53. The van der Waals surface area contributed by atoms with Gasteiger partial charge < -0.3 is 5.32 Å². The fraction of sp³-hybridized carbons (Fsp3) is 0.571. The van der Waals surface area contributed by atoms with Crippen LogP contribution in [0.25, 0.3) is 0 Å². The van der Waals surface area contributed by atoms with Gasteiger partial charge in [-0.3, -0.25) is 0 Å². The van der Waals surface area contributed by atoms with Crippen molar-refractivity contribution in [2.24, 2.45) is 0 Å². The van der Waals surface area contributed by atoms with E-state index in [1.54, 1.807) is 11.3 Å². The summed E-state index contributed by atoms with van der Waals surface area (Å²) in [6.45, 7) is 2.23. The lowest BCUT2D eigenvalue weighted by atomic mass is 10.3. The highest BCUT2D eigenvalue weighted by Gasteiger charge is 2.37. The van der Waals surface area contributed by atoms with E-state index in [0.29, 0.717) is 5.54 Å². The Bertz CT molecular complexity index is 214. The molecular weight excluding hydrogens is 144 g/mol. The number of hydrogen-bond acceptors (Lipinski definition) is 3. The van der Waals surface area contributed by atoms with Crippen LogP contribution in [0.1, 0.15) is 19.8 Å². The van der Waals surface area contributed by atoms with E-state index < -0.39 is 0 Å². The van der Waals surface area contributed by atoms with E-state index in [0.717, 1.165) is 5.13 Å². The van der Waals surface area contributed by atoms with Gasteiger partial charge in [-0.25, -0.2) is 4.98 Å². The third-order valence-electron chi connectivity index (χ3n) is 1.84. The summed E-state index contributed by atoms with van der Waals surface area (Å²) in [6, 6.07) is 0. The van der Waals surface area contributed by atoms with Crippen LogP contribution in [0.2, 0.25) is 0 Å². The van der Waals surface area contributed by atoms with Crippen molar-refractivity contribution in [1.82, 2.24) is 4.98 Å². The lowest BCUT2D eigenvalue weighted by Gasteiger charge is -2.07. The lowest BCUT2D eigenvalue weighted by molar-refractivity contribution is 0.827. The Kier molecular flexibility index (Phi) is 1.20. The molecule has 1 saturated carbocycles. The van der Waals surface area contributed by atoms with E-state index in [-0.39, 0.29) is 0 Å². The maximum atomic E-state index is 4.15. The molecule has 2 rings (SSSR count). The molecule has 3 heteroatoms. The standard InChI is InChI=1S/C7H10N2S/c1-7(2-3-7)9-6-8-4-5-10-6/h4-5H,2-3H2,1H3,(H,8,9). The van der Waals surface area contributed by atoms with E-state index in [1.807, 2.05) is 11.6 Å². The second-order valence-electron chi connectivity index (χ2n) is 3.02. The number of anilines is 1. The predicted molar refractivity (Wildman–Crippen MR) is 43.4 cm³/mol. The Labute approximate surface area is 64.3 Å². The zero-order chi connectivity index (χ0) is 7.03. The van der Waals surface area contributed by atoms with Gasteiger partial charge in [-0.1, -0.05) is 0 Å². The molecule has 0 atom stereocenters. The molecule has 1 aliphatic rings. The summed E-state index contributed by atoms with van der Waals surface area (Å²) in [5.74, 6) is 0. The molecule has 0 aliphatic heterocycles. The van der Waals surface area contributed by atoms with E-state index in [2.05, 4.69) is 17.2 Å². The van der Waals surface area contributed by atoms with Gasteiger partial charge >= 0.3 is 0 Å². The number of aromatic nitrogens is 1. The van der Waals surface area contributed by atoms with Crippen LogP contribution in [0.5, 0.6) is 0 Å². The van der Waals surface area contributed by atoms with Crippen LogP contribution in [0.4, 0.5) is 5.13 Å². The minimum Gasteiger partial charge on any atom is -0.356 e. The Balaban J connectivity index is 2.04. The van der Waals surface area contributed by atoms with Crippen LogP contribution in [0.15, 0.2) is 11.6 Å². The molecule has 0 unspecified atom stereocenters. The molecule has 0 aromatic carbocycles. The lowest BCUT2D eigenvalue weighted by Crippen LogP contribution is -2.15. The van der Waals surface area contributed by atoms with Crippen molar-refractivity contribution in [3.05, 3.63) is 11.6 Å². The molecule has 0 saturated heterocycles. The maximum Gasteiger partial charge on any atom is 0.183 e. The monoisotopic (exact) mass is 154 g/mol. The maximum absolute atomic E-state index is 4.15. The van der Waals surface area contributed by atoms with Gasteiger partial charge in [0, 0.05) is 17.1 Å². The van der Waals surface area contributed by atoms with Gasteiger partial charge in [0.05, 0.1) is 0 Å². The predicted octanol–water partition coefficient (Wildman–Crippen LogP) is 2.11. The van der Waals surface area contributed by atoms with Crippen molar-refractivity contribution < 1.29 is 0 Å². The molecule has 54 valence electrons. The second kappa shape index (κ2) is 1.95. The van der Waals surface area contributed by atoms with Gasteiger partial charge in [0.25, 0.3) is 0 Å². The highest BCUT2D eigenvalue weighted by Crippen LogP contribution is 2.38. The smallest absolute Gasteiger partial charge is 0.183 e. The zero-order valence-electron chi connectivity index (χ0n) is 5.92. The molecule has 1 heterocycles.